The molecule has 0 bridgehead atoms. The molecule has 1 N–H and O–H groups in total. The van der Waals surface area contributed by atoms with Crippen molar-refractivity contribution >= 4 is 55.4 Å². The van der Waals surface area contributed by atoms with Crippen LogP contribution in [0.15, 0.2) is 52.2 Å². The minimum Gasteiger partial charge on any atom is -0.450 e. The number of para-hydroxylation sites is 1. The second kappa shape index (κ2) is 10.9. The van der Waals surface area contributed by atoms with Crippen LogP contribution < -0.4 is 4.31 Å². The molecule has 4 aromatic rings. The highest BCUT2D eigenvalue weighted by molar-refractivity contribution is 7.94. The Hall–Kier alpha value is -2.93. The van der Waals surface area contributed by atoms with Crippen molar-refractivity contribution in [2.75, 3.05) is 43.6 Å². The molecule has 12 heteroatoms. The first-order chi connectivity index (χ1) is 18.9. The van der Waals surface area contributed by atoms with Gasteiger partial charge in [-0.05, 0) is 49.3 Å². The predicted octanol–water partition coefficient (Wildman–Crippen LogP) is 5.23. The number of aromatic nitrogens is 2. The molecule has 2 fully saturated rings. The number of thiazole rings is 1. The molecule has 0 radical (unpaired) electrons. The van der Waals surface area contributed by atoms with Crippen LogP contribution >= 0.6 is 22.7 Å². The molecule has 1 amide bonds. The topological polar surface area (TPSA) is 98.8 Å². The number of H-pyrrole nitrogens is 1. The lowest BCUT2D eigenvalue weighted by Gasteiger charge is -2.33. The molecule has 1 saturated heterocycles. The van der Waals surface area contributed by atoms with E-state index in [-0.39, 0.29) is 6.09 Å². The number of nitrogens with one attached hydrogen (secondary N) is 1. The fourth-order valence-corrected chi connectivity index (χ4v) is 8.46. The van der Waals surface area contributed by atoms with E-state index in [0.717, 1.165) is 59.0 Å². The zero-order valence-corrected chi connectivity index (χ0v) is 24.2. The Balaban J connectivity index is 1.22. The van der Waals surface area contributed by atoms with E-state index in [1.54, 1.807) is 38.1 Å². The molecule has 6 rings (SSSR count). The highest BCUT2D eigenvalue weighted by Crippen LogP contribution is 2.39. The molecule has 0 spiro atoms. The summed E-state index contributed by atoms with van der Waals surface area (Å²) in [6.07, 6.45) is 3.78. The monoisotopic (exact) mass is 585 g/mol. The van der Waals surface area contributed by atoms with Gasteiger partial charge < -0.3 is 14.6 Å². The number of hydrogen-bond donors (Lipinski definition) is 1. The van der Waals surface area contributed by atoms with E-state index in [1.807, 2.05) is 37.4 Å². The molecule has 39 heavy (non-hydrogen) atoms. The first-order valence-electron chi connectivity index (χ1n) is 13.2. The van der Waals surface area contributed by atoms with E-state index in [4.69, 9.17) is 4.74 Å². The number of amides is 1. The molecule has 206 valence electrons. The van der Waals surface area contributed by atoms with Gasteiger partial charge in [0.1, 0.15) is 9.22 Å². The third-order valence-corrected chi connectivity index (χ3v) is 11.3. The molecule has 9 nitrogen and oxygen atoms in total. The van der Waals surface area contributed by atoms with Crippen LogP contribution in [-0.2, 0) is 21.3 Å². The lowest BCUT2D eigenvalue weighted by Crippen LogP contribution is -2.48. The van der Waals surface area contributed by atoms with Crippen molar-refractivity contribution in [3.05, 3.63) is 52.9 Å². The van der Waals surface area contributed by atoms with Crippen LogP contribution in [0.25, 0.3) is 21.6 Å². The molecule has 2 aliphatic rings. The summed E-state index contributed by atoms with van der Waals surface area (Å²) < 4.78 is 34.3. The van der Waals surface area contributed by atoms with Gasteiger partial charge in [-0.2, -0.15) is 0 Å². The number of fused-ring (bicyclic) bond motifs is 1. The predicted molar refractivity (Wildman–Crippen MR) is 155 cm³/mol. The Morgan fingerprint density at radius 3 is 2.72 bits per heavy atom. The number of aromatic amines is 1. The summed E-state index contributed by atoms with van der Waals surface area (Å²) in [6.45, 7) is 6.35. The van der Waals surface area contributed by atoms with Gasteiger partial charge in [-0.3, -0.25) is 9.21 Å². The molecule has 1 aromatic carbocycles. The number of hydrogen-bond acceptors (Lipinski definition) is 8. The molecule has 1 aliphatic carbocycles. The SMILES string of the molecule is CCOC(=O)N1CCN(Cc2cnc(-c3cc4cccc(N(CC5CC5)S(=O)(=O)c5cccs5)c4[nH]3)s2)CC1. The second-order valence-electron chi connectivity index (χ2n) is 9.93. The Bertz CT molecular complexity index is 1550. The fourth-order valence-electron chi connectivity index (χ4n) is 4.87. The smallest absolute Gasteiger partial charge is 0.409 e. The lowest BCUT2D eigenvalue weighted by molar-refractivity contribution is 0.0781. The van der Waals surface area contributed by atoms with Gasteiger partial charge in [-0.1, -0.05) is 18.2 Å². The number of benzene rings is 1. The van der Waals surface area contributed by atoms with Gasteiger partial charge >= 0.3 is 6.09 Å². The highest BCUT2D eigenvalue weighted by Gasteiger charge is 2.34. The number of rotatable bonds is 9. The van der Waals surface area contributed by atoms with Gasteiger partial charge in [-0.15, -0.1) is 22.7 Å². The first kappa shape index (κ1) is 26.3. The lowest BCUT2D eigenvalue weighted by atomic mass is 10.2. The number of sulfonamides is 1. The number of nitrogens with zero attached hydrogens (tertiary/aromatic N) is 4. The first-order valence-corrected chi connectivity index (χ1v) is 16.3. The van der Waals surface area contributed by atoms with Crippen LogP contribution in [0.5, 0.6) is 0 Å². The normalized spacial score (nSPS) is 16.6. The standard InChI is InChI=1S/C27H31N5O4S3/c1-2-36-27(33)31-12-10-30(11-13-31)18-21-16-28-26(38-21)22-15-20-5-3-6-23(25(20)29-22)32(17-19-8-9-19)39(34,35)24-7-4-14-37-24/h3-7,14-16,19,29H,2,8-13,17-18H2,1H3. The molecular formula is C27H31N5O4S3. The Morgan fingerprint density at radius 1 is 1.18 bits per heavy atom. The molecule has 1 saturated carbocycles. The van der Waals surface area contributed by atoms with Crippen LogP contribution in [-0.4, -0.2) is 73.6 Å². The summed E-state index contributed by atoms with van der Waals surface area (Å²) in [5.74, 6) is 0.394. The minimum absolute atomic E-state index is 0.241. The maximum absolute atomic E-state index is 13.6. The molecule has 0 unspecified atom stereocenters. The average Bonchev–Trinajstić information content (AvgIpc) is 3.32. The van der Waals surface area contributed by atoms with Crippen LogP contribution in [0, 0.1) is 5.92 Å². The number of carbonyl (C=O) groups is 1. The summed E-state index contributed by atoms with van der Waals surface area (Å²) in [5, 5.41) is 3.62. The number of piperazine rings is 1. The van der Waals surface area contributed by atoms with Crippen molar-refractivity contribution in [1.82, 2.24) is 19.8 Å². The van der Waals surface area contributed by atoms with Crippen LogP contribution in [0.4, 0.5) is 10.5 Å². The summed E-state index contributed by atoms with van der Waals surface area (Å²) in [7, 11) is -3.66. The van der Waals surface area contributed by atoms with Crippen molar-refractivity contribution in [2.45, 2.75) is 30.5 Å². The summed E-state index contributed by atoms with van der Waals surface area (Å²) >= 11 is 2.88. The third-order valence-electron chi connectivity index (χ3n) is 7.13. The highest BCUT2D eigenvalue weighted by atomic mass is 32.2. The summed E-state index contributed by atoms with van der Waals surface area (Å²) in [5.41, 5.74) is 2.36. The molecule has 4 heterocycles. The van der Waals surface area contributed by atoms with Crippen molar-refractivity contribution in [3.8, 4) is 10.7 Å². The maximum atomic E-state index is 13.6. The number of thiophene rings is 1. The second-order valence-corrected chi connectivity index (χ2v) is 14.1. The average molecular weight is 586 g/mol. The van der Waals surface area contributed by atoms with Crippen molar-refractivity contribution in [1.29, 1.82) is 0 Å². The van der Waals surface area contributed by atoms with E-state index in [9.17, 15) is 13.2 Å². The minimum atomic E-state index is -3.66. The molecule has 0 atom stereocenters. The van der Waals surface area contributed by atoms with Crippen LogP contribution in [0.3, 0.4) is 0 Å². The van der Waals surface area contributed by atoms with Gasteiger partial charge in [-0.25, -0.2) is 18.2 Å². The van der Waals surface area contributed by atoms with E-state index in [1.165, 1.54) is 11.3 Å². The van der Waals surface area contributed by atoms with E-state index in [0.29, 0.717) is 42.1 Å². The summed E-state index contributed by atoms with van der Waals surface area (Å²) in [6, 6.07) is 11.3. The molecule has 1 aliphatic heterocycles. The van der Waals surface area contributed by atoms with Gasteiger partial charge in [0.2, 0.25) is 0 Å². The van der Waals surface area contributed by atoms with Gasteiger partial charge in [0, 0.05) is 55.7 Å². The van der Waals surface area contributed by atoms with Crippen molar-refractivity contribution < 1.29 is 17.9 Å². The maximum Gasteiger partial charge on any atom is 0.409 e. The van der Waals surface area contributed by atoms with Gasteiger partial charge in [0.05, 0.1) is 23.5 Å². The zero-order chi connectivity index (χ0) is 27.0. The van der Waals surface area contributed by atoms with Gasteiger partial charge in [0.25, 0.3) is 10.0 Å². The van der Waals surface area contributed by atoms with E-state index < -0.39 is 10.0 Å². The van der Waals surface area contributed by atoms with Gasteiger partial charge in [0.15, 0.2) is 0 Å². The molecular weight excluding hydrogens is 555 g/mol. The Kier molecular flexibility index (Phi) is 7.36. The molecule has 3 aromatic heterocycles. The Labute approximate surface area is 236 Å². The largest absolute Gasteiger partial charge is 0.450 e. The number of carbonyl (C=O) groups excluding carboxylic acids is 1. The fraction of sp³-hybridized carbons (Fsp3) is 0.407. The van der Waals surface area contributed by atoms with Crippen molar-refractivity contribution in [2.24, 2.45) is 5.92 Å². The summed E-state index contributed by atoms with van der Waals surface area (Å²) in [4.78, 5) is 25.4. The quantitative estimate of drug-likeness (QED) is 0.289. The Morgan fingerprint density at radius 2 is 2.00 bits per heavy atom. The van der Waals surface area contributed by atoms with Crippen molar-refractivity contribution in [3.63, 3.8) is 0 Å². The van der Waals surface area contributed by atoms with E-state index >= 15 is 0 Å². The number of anilines is 1. The van der Waals surface area contributed by atoms with E-state index in [2.05, 4.69) is 14.9 Å². The van der Waals surface area contributed by atoms with Crippen LogP contribution in [0.1, 0.15) is 24.6 Å². The van der Waals surface area contributed by atoms with Crippen LogP contribution in [0.2, 0.25) is 0 Å². The third kappa shape index (κ3) is 5.56. The zero-order valence-electron chi connectivity index (χ0n) is 21.7. The number of ether oxygens (including phenoxy) is 1.